The molecule has 12 nitrogen and oxygen atoms in total. The number of amides is 5. The number of furan rings is 1. The van der Waals surface area contributed by atoms with E-state index < -0.39 is 35.7 Å². The van der Waals surface area contributed by atoms with E-state index in [1.165, 1.54) is 6.07 Å². The third-order valence-electron chi connectivity index (χ3n) is 7.66. The van der Waals surface area contributed by atoms with Gasteiger partial charge in [0, 0.05) is 42.8 Å². The Morgan fingerprint density at radius 3 is 2.69 bits per heavy atom. The first-order valence-electron chi connectivity index (χ1n) is 14.6. The predicted octanol–water partition coefficient (Wildman–Crippen LogP) is 3.31. The Morgan fingerprint density at radius 2 is 1.89 bits per heavy atom. The van der Waals surface area contributed by atoms with Crippen molar-refractivity contribution >= 4 is 40.5 Å². The molecule has 2 atom stereocenters. The number of carbonyl (C=O) groups excluding carboxylic acids is 5. The Morgan fingerprint density at radius 1 is 1.02 bits per heavy atom. The van der Waals surface area contributed by atoms with E-state index in [-0.39, 0.29) is 55.3 Å². The van der Waals surface area contributed by atoms with Gasteiger partial charge in [-0.1, -0.05) is 30.3 Å². The summed E-state index contributed by atoms with van der Waals surface area (Å²) in [6, 6.07) is 16.4. The van der Waals surface area contributed by atoms with Gasteiger partial charge in [0.05, 0.1) is 17.7 Å². The van der Waals surface area contributed by atoms with E-state index in [0.717, 1.165) is 21.4 Å². The summed E-state index contributed by atoms with van der Waals surface area (Å²) in [6.45, 7) is 0.575. The van der Waals surface area contributed by atoms with Crippen LogP contribution in [-0.4, -0.2) is 65.3 Å². The Bertz CT molecular complexity index is 1740. The average Bonchev–Trinajstić information content (AvgIpc) is 3.58. The highest BCUT2D eigenvalue weighted by atomic mass is 16.5. The molecule has 2 aromatic heterocycles. The van der Waals surface area contributed by atoms with Crippen molar-refractivity contribution in [2.75, 3.05) is 19.8 Å². The molecule has 2 aliphatic rings. The van der Waals surface area contributed by atoms with E-state index in [1.54, 1.807) is 30.6 Å². The van der Waals surface area contributed by atoms with Crippen LogP contribution in [0, 0.1) is 0 Å². The summed E-state index contributed by atoms with van der Waals surface area (Å²) in [5, 5.41) is 6.16. The lowest BCUT2D eigenvalue weighted by Gasteiger charge is -2.27. The fraction of sp³-hybridized carbons (Fsp3) is 0.273. The van der Waals surface area contributed by atoms with Gasteiger partial charge in [-0.25, -0.2) is 0 Å². The Hall–Kier alpha value is -5.36. The molecule has 2 unspecified atom stereocenters. The molecule has 2 N–H and O–H groups in total. The molecule has 1 fully saturated rings. The van der Waals surface area contributed by atoms with Crippen LogP contribution in [0.3, 0.4) is 0 Å². The van der Waals surface area contributed by atoms with E-state index in [0.29, 0.717) is 18.8 Å². The maximum absolute atomic E-state index is 13.2. The third-order valence-corrected chi connectivity index (χ3v) is 7.66. The van der Waals surface area contributed by atoms with Crippen LogP contribution in [0.5, 0.6) is 5.75 Å². The Kier molecular flexibility index (Phi) is 8.65. The minimum atomic E-state index is -1.05. The van der Waals surface area contributed by atoms with E-state index in [1.807, 2.05) is 36.4 Å². The summed E-state index contributed by atoms with van der Waals surface area (Å²) < 4.78 is 17.4. The number of fused-ring (bicyclic) bond motifs is 2. The highest BCUT2D eigenvalue weighted by Crippen LogP contribution is 2.33. The van der Waals surface area contributed by atoms with Crippen molar-refractivity contribution in [1.29, 1.82) is 0 Å². The van der Waals surface area contributed by atoms with Crippen molar-refractivity contribution in [2.45, 2.75) is 37.8 Å². The van der Waals surface area contributed by atoms with Gasteiger partial charge in [0.2, 0.25) is 17.7 Å². The molecular weight excluding hydrogens is 580 g/mol. The number of pyridine rings is 1. The number of rotatable bonds is 12. The van der Waals surface area contributed by atoms with Gasteiger partial charge in [-0.3, -0.25) is 39.2 Å². The highest BCUT2D eigenvalue weighted by Gasteiger charge is 2.46. The molecule has 0 saturated carbocycles. The Balaban J connectivity index is 0.978. The molecule has 2 aliphatic heterocycles. The van der Waals surface area contributed by atoms with Gasteiger partial charge in [-0.05, 0) is 43.2 Å². The zero-order chi connectivity index (χ0) is 31.3. The minimum absolute atomic E-state index is 0.0402. The summed E-state index contributed by atoms with van der Waals surface area (Å²) in [4.78, 5) is 67.9. The number of piperidine rings is 1. The summed E-state index contributed by atoms with van der Waals surface area (Å²) in [5.41, 5.74) is 1.75. The van der Waals surface area contributed by atoms with Gasteiger partial charge in [-0.15, -0.1) is 0 Å². The van der Waals surface area contributed by atoms with Gasteiger partial charge >= 0.3 is 0 Å². The lowest BCUT2D eigenvalue weighted by Crippen LogP contribution is -2.54. The summed E-state index contributed by atoms with van der Waals surface area (Å²) in [6.07, 6.45) is 4.15. The number of aromatic nitrogens is 1. The summed E-state index contributed by atoms with van der Waals surface area (Å²) >= 11 is 0. The van der Waals surface area contributed by atoms with Crippen LogP contribution in [0.2, 0.25) is 0 Å². The number of para-hydroxylation sites is 1. The largest absolute Gasteiger partial charge is 0.490 e. The first-order chi connectivity index (χ1) is 21.9. The SMILES string of the molecule is O=C1CCC(N2C(=O)c3cccc(OCCOCCCC(=O)NC(c4cccnc4)c4cc5ccccc5o4)c3C2=O)C(=O)N1. The quantitative estimate of drug-likeness (QED) is 0.181. The molecule has 4 heterocycles. The molecule has 1 saturated heterocycles. The van der Waals surface area contributed by atoms with Crippen LogP contribution in [0.25, 0.3) is 11.0 Å². The highest BCUT2D eigenvalue weighted by molar-refractivity contribution is 6.24. The summed E-state index contributed by atoms with van der Waals surface area (Å²) in [5.74, 6) is -1.71. The van der Waals surface area contributed by atoms with Crippen molar-refractivity contribution in [3.63, 3.8) is 0 Å². The zero-order valence-electron chi connectivity index (χ0n) is 24.2. The van der Waals surface area contributed by atoms with Gasteiger partial charge < -0.3 is 19.2 Å². The number of nitrogens with one attached hydrogen (secondary N) is 2. The second-order valence-electron chi connectivity index (χ2n) is 10.7. The fourth-order valence-corrected chi connectivity index (χ4v) is 5.49. The average molecular weight is 611 g/mol. The molecule has 4 aromatic rings. The number of hydrogen-bond acceptors (Lipinski definition) is 9. The number of benzene rings is 2. The van der Waals surface area contributed by atoms with Crippen LogP contribution in [0.4, 0.5) is 0 Å². The van der Waals surface area contributed by atoms with Crippen molar-refractivity contribution < 1.29 is 37.9 Å². The van der Waals surface area contributed by atoms with E-state index in [4.69, 9.17) is 13.9 Å². The van der Waals surface area contributed by atoms with Crippen molar-refractivity contribution in [3.8, 4) is 5.75 Å². The molecule has 5 amide bonds. The smallest absolute Gasteiger partial charge is 0.266 e. The normalized spacial score (nSPS) is 16.9. The predicted molar refractivity (Wildman–Crippen MR) is 159 cm³/mol. The van der Waals surface area contributed by atoms with Gasteiger partial charge in [0.1, 0.15) is 35.8 Å². The van der Waals surface area contributed by atoms with Crippen LogP contribution in [0.1, 0.15) is 63.8 Å². The van der Waals surface area contributed by atoms with Crippen LogP contribution in [0.15, 0.2) is 77.5 Å². The number of imide groups is 2. The zero-order valence-corrected chi connectivity index (χ0v) is 24.2. The lowest BCUT2D eigenvalue weighted by atomic mass is 10.0. The van der Waals surface area contributed by atoms with Crippen LogP contribution >= 0.6 is 0 Å². The van der Waals surface area contributed by atoms with Gasteiger partial charge in [0.25, 0.3) is 11.8 Å². The lowest BCUT2D eigenvalue weighted by molar-refractivity contribution is -0.136. The minimum Gasteiger partial charge on any atom is -0.490 e. The number of nitrogens with zero attached hydrogens (tertiary/aromatic N) is 2. The topological polar surface area (TPSA) is 157 Å². The van der Waals surface area contributed by atoms with Crippen molar-refractivity contribution in [2.24, 2.45) is 0 Å². The molecule has 0 aliphatic carbocycles. The molecule has 12 heteroatoms. The second kappa shape index (κ2) is 13.1. The number of hydrogen-bond donors (Lipinski definition) is 2. The number of carbonyl (C=O) groups is 5. The van der Waals surface area contributed by atoms with Crippen LogP contribution in [-0.2, 0) is 19.1 Å². The molecular formula is C33H30N4O8. The molecule has 2 aromatic carbocycles. The fourth-order valence-electron chi connectivity index (χ4n) is 5.49. The molecule has 230 valence electrons. The van der Waals surface area contributed by atoms with E-state index >= 15 is 0 Å². The van der Waals surface area contributed by atoms with Gasteiger partial charge in [-0.2, -0.15) is 0 Å². The second-order valence-corrected chi connectivity index (χ2v) is 10.7. The first-order valence-corrected chi connectivity index (χ1v) is 14.6. The molecule has 0 radical (unpaired) electrons. The number of ether oxygens (including phenoxy) is 2. The molecule has 0 bridgehead atoms. The maximum Gasteiger partial charge on any atom is 0.266 e. The van der Waals surface area contributed by atoms with E-state index in [2.05, 4.69) is 15.6 Å². The van der Waals surface area contributed by atoms with Gasteiger partial charge in [0.15, 0.2) is 0 Å². The van der Waals surface area contributed by atoms with E-state index in [9.17, 15) is 24.0 Å². The standard InChI is InChI=1S/C33H30N4O8/c38-27(35-30(21-7-4-14-34-19-21)26-18-20-6-1-2-9-24(20)45-26)11-5-15-43-16-17-44-25-10-3-8-22-29(25)33(42)37(32(22)41)23-12-13-28(39)36-31(23)40/h1-4,6-10,14,18-19,23,30H,5,11-13,15-17H2,(H,35,38)(H,36,39,40). The maximum atomic E-state index is 13.2. The summed E-state index contributed by atoms with van der Waals surface area (Å²) in [7, 11) is 0. The molecule has 45 heavy (non-hydrogen) atoms. The van der Waals surface area contributed by atoms with Crippen molar-refractivity contribution in [3.05, 3.63) is 95.5 Å². The third kappa shape index (κ3) is 6.31. The van der Waals surface area contributed by atoms with Crippen molar-refractivity contribution in [1.82, 2.24) is 20.5 Å². The monoisotopic (exact) mass is 610 g/mol. The molecule has 6 rings (SSSR count). The van der Waals surface area contributed by atoms with Crippen LogP contribution < -0.4 is 15.4 Å². The first kappa shape index (κ1) is 29.7. The Labute approximate surface area is 257 Å². The molecule has 0 spiro atoms.